The van der Waals surface area contributed by atoms with E-state index in [1.165, 1.54) is 23.7 Å². The van der Waals surface area contributed by atoms with E-state index in [9.17, 15) is 19.7 Å². The summed E-state index contributed by atoms with van der Waals surface area (Å²) in [6.45, 7) is 2.14. The first kappa shape index (κ1) is 15.0. The molecule has 1 amide bonds. The summed E-state index contributed by atoms with van der Waals surface area (Å²) in [6, 6.07) is 2.51. The highest BCUT2D eigenvalue weighted by Crippen LogP contribution is 2.25. The number of nitrogens with zero attached hydrogens (tertiary/aromatic N) is 3. The number of aromatic nitrogens is 1. The van der Waals surface area contributed by atoms with E-state index in [4.69, 9.17) is 5.11 Å². The smallest absolute Gasteiger partial charge is 0.323 e. The normalized spacial score (nSPS) is 22.1. The number of rotatable bonds is 3. The van der Waals surface area contributed by atoms with E-state index in [0.717, 1.165) is 0 Å². The number of hydrogen-bond acceptors (Lipinski definition) is 4. The summed E-state index contributed by atoms with van der Waals surface area (Å²) in [5, 5.41) is 19.8. The number of piperidine rings is 1. The van der Waals surface area contributed by atoms with Crippen LogP contribution < -0.4 is 0 Å². The fourth-order valence-electron chi connectivity index (χ4n) is 2.74. The number of amides is 1. The molecule has 1 aliphatic rings. The number of carboxylic acids is 1. The first-order valence-electron chi connectivity index (χ1n) is 6.66. The Labute approximate surface area is 121 Å². The van der Waals surface area contributed by atoms with E-state index in [2.05, 4.69) is 0 Å². The van der Waals surface area contributed by atoms with Crippen LogP contribution in [-0.2, 0) is 11.8 Å². The number of carbonyl (C=O) groups excluding carboxylic acids is 1. The van der Waals surface area contributed by atoms with Crippen LogP contribution in [0.5, 0.6) is 0 Å². The van der Waals surface area contributed by atoms with E-state index in [-0.39, 0.29) is 23.5 Å². The molecule has 0 radical (unpaired) electrons. The molecule has 2 heterocycles. The van der Waals surface area contributed by atoms with E-state index < -0.39 is 16.8 Å². The van der Waals surface area contributed by atoms with Crippen molar-refractivity contribution < 1.29 is 19.6 Å². The van der Waals surface area contributed by atoms with Gasteiger partial charge in [-0.3, -0.25) is 9.59 Å². The average Bonchev–Trinajstić information content (AvgIpc) is 2.79. The minimum Gasteiger partial charge on any atom is -0.481 e. The molecule has 8 heteroatoms. The number of likely N-dealkylation sites (tertiary alicyclic amines) is 1. The van der Waals surface area contributed by atoms with Crippen LogP contribution in [0, 0.1) is 16.0 Å². The van der Waals surface area contributed by atoms with Crippen LogP contribution in [0.4, 0.5) is 5.82 Å². The van der Waals surface area contributed by atoms with Gasteiger partial charge in [-0.25, -0.2) is 4.57 Å². The van der Waals surface area contributed by atoms with E-state index in [0.29, 0.717) is 19.4 Å². The summed E-state index contributed by atoms with van der Waals surface area (Å²) in [7, 11) is 1.47. The van der Waals surface area contributed by atoms with Crippen LogP contribution >= 0.6 is 0 Å². The molecule has 1 aromatic rings. The van der Waals surface area contributed by atoms with Crippen LogP contribution in [0.15, 0.2) is 12.1 Å². The van der Waals surface area contributed by atoms with Gasteiger partial charge >= 0.3 is 11.8 Å². The minimum atomic E-state index is -0.844. The largest absolute Gasteiger partial charge is 0.481 e. The van der Waals surface area contributed by atoms with Crippen molar-refractivity contribution in [2.75, 3.05) is 6.54 Å². The highest BCUT2D eigenvalue weighted by atomic mass is 16.6. The molecule has 8 nitrogen and oxygen atoms in total. The molecule has 0 aromatic carbocycles. The van der Waals surface area contributed by atoms with E-state index in [1.807, 2.05) is 0 Å². The topological polar surface area (TPSA) is 106 Å². The zero-order valence-corrected chi connectivity index (χ0v) is 11.9. The standard InChI is InChI=1S/C13H17N3O5/c1-8-7-9(13(18)19)5-6-15(8)12(17)10-3-4-11(14(10)2)16(20)21/h3-4,8-9H,5-7H2,1-2H3,(H,18,19). The molecule has 1 fully saturated rings. The molecule has 1 aliphatic heterocycles. The summed E-state index contributed by atoms with van der Waals surface area (Å²) in [5.74, 6) is -1.73. The van der Waals surface area contributed by atoms with Crippen molar-refractivity contribution in [3.05, 3.63) is 27.9 Å². The van der Waals surface area contributed by atoms with E-state index in [1.54, 1.807) is 11.8 Å². The molecular formula is C13H17N3O5. The maximum absolute atomic E-state index is 12.5. The van der Waals surface area contributed by atoms with Gasteiger partial charge in [0.05, 0.1) is 13.0 Å². The van der Waals surface area contributed by atoms with Gasteiger partial charge in [-0.2, -0.15) is 0 Å². The first-order chi connectivity index (χ1) is 9.82. The Balaban J connectivity index is 2.18. The van der Waals surface area contributed by atoms with Gasteiger partial charge in [-0.05, 0) is 30.8 Å². The van der Waals surface area contributed by atoms with Crippen LogP contribution in [0.3, 0.4) is 0 Å². The van der Waals surface area contributed by atoms with E-state index >= 15 is 0 Å². The predicted octanol–water partition coefficient (Wildman–Crippen LogP) is 1.26. The lowest BCUT2D eigenvalue weighted by Crippen LogP contribution is -2.46. The van der Waals surface area contributed by atoms with Gasteiger partial charge in [-0.1, -0.05) is 0 Å². The van der Waals surface area contributed by atoms with Crippen molar-refractivity contribution in [2.24, 2.45) is 13.0 Å². The van der Waals surface area contributed by atoms with Crippen LogP contribution in [0.1, 0.15) is 30.3 Å². The second kappa shape index (κ2) is 5.55. The lowest BCUT2D eigenvalue weighted by molar-refractivity contribution is -0.391. The fourth-order valence-corrected chi connectivity index (χ4v) is 2.74. The summed E-state index contributed by atoms with van der Waals surface area (Å²) in [5.41, 5.74) is 0.238. The number of aliphatic carboxylic acids is 1. The van der Waals surface area contributed by atoms with Gasteiger partial charge < -0.3 is 20.1 Å². The monoisotopic (exact) mass is 295 g/mol. The Morgan fingerprint density at radius 3 is 2.57 bits per heavy atom. The molecule has 2 atom stereocenters. The Morgan fingerprint density at radius 1 is 1.43 bits per heavy atom. The first-order valence-corrected chi connectivity index (χ1v) is 6.66. The summed E-state index contributed by atoms with van der Waals surface area (Å²) in [4.78, 5) is 35.3. The van der Waals surface area contributed by atoms with Crippen LogP contribution in [-0.4, -0.2) is 44.0 Å². The average molecular weight is 295 g/mol. The molecule has 0 aliphatic carbocycles. The molecule has 0 bridgehead atoms. The maximum Gasteiger partial charge on any atom is 0.323 e. The SMILES string of the molecule is CC1CC(C(=O)O)CCN1C(=O)c1ccc([N+](=O)[O-])n1C. The van der Waals surface area contributed by atoms with Gasteiger partial charge in [-0.15, -0.1) is 0 Å². The van der Waals surface area contributed by atoms with Gasteiger partial charge in [0.15, 0.2) is 5.69 Å². The molecule has 2 unspecified atom stereocenters. The summed E-state index contributed by atoms with van der Waals surface area (Å²) in [6.07, 6.45) is 0.797. The predicted molar refractivity (Wildman–Crippen MR) is 72.9 cm³/mol. The Bertz CT molecular complexity index is 595. The number of carbonyl (C=O) groups is 2. The fraction of sp³-hybridized carbons (Fsp3) is 0.538. The zero-order chi connectivity index (χ0) is 15.7. The van der Waals surface area contributed by atoms with Crippen molar-refractivity contribution in [3.8, 4) is 0 Å². The number of carboxylic acid groups (broad SMARTS) is 1. The third kappa shape index (κ3) is 2.74. The van der Waals surface area contributed by atoms with Crippen molar-refractivity contribution in [3.63, 3.8) is 0 Å². The van der Waals surface area contributed by atoms with Crippen LogP contribution in [0.25, 0.3) is 0 Å². The minimum absolute atomic E-state index is 0.147. The number of hydrogen-bond donors (Lipinski definition) is 1. The van der Waals surface area contributed by atoms with Crippen molar-refractivity contribution in [1.29, 1.82) is 0 Å². The third-order valence-electron chi connectivity index (χ3n) is 3.99. The molecular weight excluding hydrogens is 278 g/mol. The molecule has 1 aromatic heterocycles. The Morgan fingerprint density at radius 2 is 2.10 bits per heavy atom. The Kier molecular flexibility index (Phi) is 3.97. The van der Waals surface area contributed by atoms with Crippen molar-refractivity contribution in [1.82, 2.24) is 9.47 Å². The van der Waals surface area contributed by atoms with Crippen molar-refractivity contribution in [2.45, 2.75) is 25.8 Å². The molecule has 1 saturated heterocycles. The summed E-state index contributed by atoms with van der Waals surface area (Å²) >= 11 is 0. The second-order valence-corrected chi connectivity index (χ2v) is 5.30. The maximum atomic E-state index is 12.5. The molecule has 1 N–H and O–H groups in total. The lowest BCUT2D eigenvalue weighted by atomic mass is 9.91. The third-order valence-corrected chi connectivity index (χ3v) is 3.99. The van der Waals surface area contributed by atoms with Gasteiger partial charge in [0, 0.05) is 18.7 Å². The van der Waals surface area contributed by atoms with Gasteiger partial charge in [0.2, 0.25) is 0 Å². The van der Waals surface area contributed by atoms with Crippen LogP contribution in [0.2, 0.25) is 0 Å². The van der Waals surface area contributed by atoms with Gasteiger partial charge in [0.1, 0.15) is 0 Å². The van der Waals surface area contributed by atoms with Crippen molar-refractivity contribution >= 4 is 17.7 Å². The van der Waals surface area contributed by atoms with Gasteiger partial charge in [0.25, 0.3) is 5.91 Å². The highest BCUT2D eigenvalue weighted by Gasteiger charge is 2.35. The number of nitro groups is 1. The quantitative estimate of drug-likeness (QED) is 0.667. The second-order valence-electron chi connectivity index (χ2n) is 5.30. The summed E-state index contributed by atoms with van der Waals surface area (Å²) < 4.78 is 1.25. The highest BCUT2D eigenvalue weighted by molar-refractivity contribution is 5.93. The lowest BCUT2D eigenvalue weighted by Gasteiger charge is -2.35. The molecule has 114 valence electrons. The molecule has 0 spiro atoms. The molecule has 2 rings (SSSR count). The molecule has 0 saturated carbocycles. The zero-order valence-electron chi connectivity index (χ0n) is 11.9. The molecule has 21 heavy (non-hydrogen) atoms. The Hall–Kier alpha value is -2.38.